The third-order valence-corrected chi connectivity index (χ3v) is 4.39. The molecule has 6 heteroatoms. The number of esters is 1. The van der Waals surface area contributed by atoms with Crippen molar-refractivity contribution in [2.24, 2.45) is 0 Å². The molecule has 4 nitrogen and oxygen atoms in total. The lowest BCUT2D eigenvalue weighted by molar-refractivity contribution is 0.0499. The molecule has 0 saturated carbocycles. The molecular formula is C16H24BrClN2O2. The SMILES string of the molecule is CCC(C)NCc1cc(C(=O)OCCCCCl)cc(Br)c1N. The maximum Gasteiger partial charge on any atom is 0.338 e. The number of nitrogens with one attached hydrogen (secondary N) is 1. The monoisotopic (exact) mass is 390 g/mol. The number of alkyl halides is 1. The quantitative estimate of drug-likeness (QED) is 0.288. The van der Waals surface area contributed by atoms with Crippen LogP contribution < -0.4 is 11.1 Å². The van der Waals surface area contributed by atoms with Crippen LogP contribution in [0.2, 0.25) is 0 Å². The summed E-state index contributed by atoms with van der Waals surface area (Å²) in [6, 6.07) is 3.88. The molecule has 0 heterocycles. The topological polar surface area (TPSA) is 64.3 Å². The number of carbonyl (C=O) groups excluding carboxylic acids is 1. The molecule has 0 aromatic heterocycles. The van der Waals surface area contributed by atoms with Crippen LogP contribution in [0.1, 0.15) is 49.0 Å². The minimum Gasteiger partial charge on any atom is -0.462 e. The molecule has 0 aliphatic heterocycles. The van der Waals surface area contributed by atoms with E-state index in [1.54, 1.807) is 12.1 Å². The Hall–Kier alpha value is -0.780. The van der Waals surface area contributed by atoms with Crippen molar-refractivity contribution in [2.45, 2.75) is 45.7 Å². The number of anilines is 1. The van der Waals surface area contributed by atoms with Gasteiger partial charge in [0.05, 0.1) is 17.9 Å². The van der Waals surface area contributed by atoms with E-state index in [1.807, 2.05) is 0 Å². The van der Waals surface area contributed by atoms with Crippen LogP contribution in [0.3, 0.4) is 0 Å². The number of carbonyl (C=O) groups is 1. The highest BCUT2D eigenvalue weighted by molar-refractivity contribution is 9.10. The van der Waals surface area contributed by atoms with Gasteiger partial charge in [-0.1, -0.05) is 6.92 Å². The molecule has 1 unspecified atom stereocenters. The maximum absolute atomic E-state index is 12.1. The zero-order valence-corrected chi connectivity index (χ0v) is 15.5. The summed E-state index contributed by atoms with van der Waals surface area (Å²) in [5, 5.41) is 3.38. The van der Waals surface area contributed by atoms with Crippen molar-refractivity contribution in [3.63, 3.8) is 0 Å². The van der Waals surface area contributed by atoms with E-state index in [9.17, 15) is 4.79 Å². The third kappa shape index (κ3) is 6.15. The number of unbranched alkanes of at least 4 members (excludes halogenated alkanes) is 1. The maximum atomic E-state index is 12.1. The predicted octanol–water partition coefficient (Wildman–Crippen LogP) is 4.10. The summed E-state index contributed by atoms with van der Waals surface area (Å²) in [4.78, 5) is 12.1. The number of ether oxygens (including phenoxy) is 1. The van der Waals surface area contributed by atoms with Crippen LogP contribution in [-0.2, 0) is 11.3 Å². The van der Waals surface area contributed by atoms with Crippen molar-refractivity contribution in [3.8, 4) is 0 Å². The fourth-order valence-corrected chi connectivity index (χ4v) is 2.50. The summed E-state index contributed by atoms with van der Waals surface area (Å²) in [5.74, 6) is 0.246. The van der Waals surface area contributed by atoms with Crippen LogP contribution in [-0.4, -0.2) is 24.5 Å². The van der Waals surface area contributed by atoms with Crippen LogP contribution in [0, 0.1) is 0 Å². The molecule has 0 radical (unpaired) electrons. The van der Waals surface area contributed by atoms with Gasteiger partial charge in [-0.2, -0.15) is 0 Å². The van der Waals surface area contributed by atoms with Crippen molar-refractivity contribution < 1.29 is 9.53 Å². The van der Waals surface area contributed by atoms with Crippen LogP contribution in [0.4, 0.5) is 5.69 Å². The van der Waals surface area contributed by atoms with Gasteiger partial charge >= 0.3 is 5.97 Å². The number of nitrogen functional groups attached to an aromatic ring is 1. The highest BCUT2D eigenvalue weighted by atomic mass is 79.9. The number of hydrogen-bond donors (Lipinski definition) is 2. The first kappa shape index (κ1) is 19.3. The summed E-state index contributed by atoms with van der Waals surface area (Å²) in [6.07, 6.45) is 2.64. The Morgan fingerprint density at radius 3 is 2.82 bits per heavy atom. The number of hydrogen-bond acceptors (Lipinski definition) is 4. The Morgan fingerprint density at radius 1 is 1.45 bits per heavy atom. The molecule has 0 aliphatic carbocycles. The number of rotatable bonds is 9. The molecule has 124 valence electrons. The van der Waals surface area contributed by atoms with E-state index < -0.39 is 0 Å². The molecule has 22 heavy (non-hydrogen) atoms. The van der Waals surface area contributed by atoms with Crippen LogP contribution in [0.25, 0.3) is 0 Å². The smallest absolute Gasteiger partial charge is 0.338 e. The fraction of sp³-hybridized carbons (Fsp3) is 0.562. The van der Waals surface area contributed by atoms with Crippen molar-refractivity contribution in [1.29, 1.82) is 0 Å². The van der Waals surface area contributed by atoms with Gasteiger partial charge in [-0.15, -0.1) is 11.6 Å². The number of halogens is 2. The van der Waals surface area contributed by atoms with Crippen LogP contribution in [0.5, 0.6) is 0 Å². The Morgan fingerprint density at radius 2 is 2.18 bits per heavy atom. The first-order chi connectivity index (χ1) is 10.5. The van der Waals surface area contributed by atoms with E-state index >= 15 is 0 Å². The highest BCUT2D eigenvalue weighted by Gasteiger charge is 2.13. The second-order valence-electron chi connectivity index (χ2n) is 5.25. The Kier molecular flexibility index (Phi) is 8.83. The normalized spacial score (nSPS) is 12.2. The molecule has 0 fully saturated rings. The van der Waals surface area contributed by atoms with Gasteiger partial charge in [0.2, 0.25) is 0 Å². The lowest BCUT2D eigenvalue weighted by atomic mass is 10.1. The summed E-state index contributed by atoms with van der Waals surface area (Å²) in [6.45, 7) is 5.23. The standard InChI is InChI=1S/C16H24BrClN2O2/c1-3-11(2)20-10-13-8-12(9-14(17)15(13)19)16(21)22-7-5-4-6-18/h8-9,11,20H,3-7,10,19H2,1-2H3. The molecule has 3 N–H and O–H groups in total. The van der Waals surface area contributed by atoms with Gasteiger partial charge in [-0.05, 0) is 59.8 Å². The first-order valence-electron chi connectivity index (χ1n) is 7.54. The Balaban J connectivity index is 2.75. The molecule has 0 spiro atoms. The zero-order chi connectivity index (χ0) is 16.5. The second kappa shape index (κ2) is 10.1. The second-order valence-corrected chi connectivity index (χ2v) is 6.49. The zero-order valence-electron chi connectivity index (χ0n) is 13.1. The highest BCUT2D eigenvalue weighted by Crippen LogP contribution is 2.26. The molecule has 0 amide bonds. The van der Waals surface area contributed by atoms with E-state index in [0.29, 0.717) is 40.8 Å². The minimum atomic E-state index is -0.333. The van der Waals surface area contributed by atoms with Crippen molar-refractivity contribution >= 4 is 39.2 Å². The van der Waals surface area contributed by atoms with Crippen molar-refractivity contribution in [3.05, 3.63) is 27.7 Å². The molecule has 1 atom stereocenters. The molecule has 1 rings (SSSR count). The van der Waals surface area contributed by atoms with E-state index in [2.05, 4.69) is 35.1 Å². The van der Waals surface area contributed by atoms with Gasteiger partial charge in [0, 0.05) is 22.9 Å². The molecule has 0 saturated heterocycles. The van der Waals surface area contributed by atoms with Gasteiger partial charge in [-0.25, -0.2) is 4.79 Å². The number of benzene rings is 1. The van der Waals surface area contributed by atoms with E-state index in [4.69, 9.17) is 22.1 Å². The average Bonchev–Trinajstić information content (AvgIpc) is 2.52. The summed E-state index contributed by atoms with van der Waals surface area (Å²) < 4.78 is 5.96. The van der Waals surface area contributed by atoms with Crippen LogP contribution in [0.15, 0.2) is 16.6 Å². The fourth-order valence-electron chi connectivity index (χ4n) is 1.81. The molecule has 1 aromatic rings. The molecular weight excluding hydrogens is 368 g/mol. The van der Waals surface area contributed by atoms with Crippen molar-refractivity contribution in [2.75, 3.05) is 18.2 Å². The lowest BCUT2D eigenvalue weighted by Gasteiger charge is -2.15. The van der Waals surface area contributed by atoms with E-state index in [1.165, 1.54) is 0 Å². The van der Waals surface area contributed by atoms with Gasteiger partial charge in [0.1, 0.15) is 0 Å². The predicted molar refractivity (Wildman–Crippen MR) is 95.4 cm³/mol. The Labute approximate surface area is 145 Å². The number of nitrogens with two attached hydrogens (primary N) is 1. The van der Waals surface area contributed by atoms with Crippen molar-refractivity contribution in [1.82, 2.24) is 5.32 Å². The third-order valence-electron chi connectivity index (χ3n) is 3.47. The Bertz CT molecular complexity index is 497. The molecule has 0 aliphatic rings. The van der Waals surface area contributed by atoms with E-state index in [-0.39, 0.29) is 5.97 Å². The van der Waals surface area contributed by atoms with Crippen LogP contribution >= 0.6 is 27.5 Å². The summed E-state index contributed by atoms with van der Waals surface area (Å²) in [5.41, 5.74) is 8.11. The summed E-state index contributed by atoms with van der Waals surface area (Å²) in [7, 11) is 0. The average molecular weight is 392 g/mol. The van der Waals surface area contributed by atoms with Gasteiger partial charge < -0.3 is 15.8 Å². The molecule has 0 bridgehead atoms. The van der Waals surface area contributed by atoms with Gasteiger partial charge in [0.15, 0.2) is 0 Å². The van der Waals surface area contributed by atoms with Gasteiger partial charge in [0.25, 0.3) is 0 Å². The summed E-state index contributed by atoms with van der Waals surface area (Å²) >= 11 is 9.00. The van der Waals surface area contributed by atoms with E-state index in [0.717, 1.165) is 24.8 Å². The lowest BCUT2D eigenvalue weighted by Crippen LogP contribution is -2.25. The molecule has 1 aromatic carbocycles. The first-order valence-corrected chi connectivity index (χ1v) is 8.86. The van der Waals surface area contributed by atoms with Gasteiger partial charge in [-0.3, -0.25) is 0 Å². The largest absolute Gasteiger partial charge is 0.462 e. The minimum absolute atomic E-state index is 0.333.